The molecule has 0 heterocycles. The molecule has 3 rings (SSSR count). The zero-order valence-corrected chi connectivity index (χ0v) is 12.7. The van der Waals surface area contributed by atoms with Crippen molar-refractivity contribution in [1.82, 2.24) is 0 Å². The van der Waals surface area contributed by atoms with Crippen LogP contribution in [0.4, 0.5) is 0 Å². The highest BCUT2D eigenvalue weighted by Gasteiger charge is 2.35. The quantitative estimate of drug-likeness (QED) is 0.817. The fourth-order valence-electron chi connectivity index (χ4n) is 3.66. The fraction of sp³-hybridized carbons (Fsp3) is 0.529. The molecule has 1 N–H and O–H groups in total. The van der Waals surface area contributed by atoms with Gasteiger partial charge >= 0.3 is 5.97 Å². The molecule has 4 heteroatoms. The van der Waals surface area contributed by atoms with Gasteiger partial charge in [0.25, 0.3) is 0 Å². The van der Waals surface area contributed by atoms with Crippen LogP contribution in [0.15, 0.2) is 12.1 Å². The molecule has 2 aliphatic rings. The van der Waals surface area contributed by atoms with Crippen LogP contribution in [0.25, 0.3) is 0 Å². The zero-order valence-electron chi connectivity index (χ0n) is 11.9. The van der Waals surface area contributed by atoms with Gasteiger partial charge in [0.05, 0.1) is 5.92 Å². The minimum absolute atomic E-state index is 0.0646. The summed E-state index contributed by atoms with van der Waals surface area (Å²) in [5, 5.41) is 9.86. The summed E-state index contributed by atoms with van der Waals surface area (Å²) < 4.78 is 0. The van der Waals surface area contributed by atoms with Crippen molar-refractivity contribution in [1.29, 1.82) is 0 Å². The van der Waals surface area contributed by atoms with E-state index in [1.54, 1.807) is 6.07 Å². The van der Waals surface area contributed by atoms with E-state index in [4.69, 9.17) is 11.6 Å². The maximum absolute atomic E-state index is 12.1. The predicted molar refractivity (Wildman–Crippen MR) is 81.2 cm³/mol. The smallest absolute Gasteiger partial charge is 0.311 e. The van der Waals surface area contributed by atoms with E-state index < -0.39 is 11.9 Å². The van der Waals surface area contributed by atoms with Crippen LogP contribution in [0, 0.1) is 0 Å². The van der Waals surface area contributed by atoms with Crippen molar-refractivity contribution in [3.8, 4) is 0 Å². The molecule has 1 aromatic rings. The van der Waals surface area contributed by atoms with E-state index in [9.17, 15) is 14.7 Å². The number of benzene rings is 1. The third-order valence-electron chi connectivity index (χ3n) is 4.83. The fourth-order valence-corrected chi connectivity index (χ4v) is 3.99. The number of rotatable bonds is 2. The monoisotopic (exact) mass is 306 g/mol. The van der Waals surface area contributed by atoms with E-state index in [1.165, 1.54) is 25.7 Å². The second kappa shape index (κ2) is 5.80. The number of carbonyl (C=O) groups excluding carboxylic acids is 1. The van der Waals surface area contributed by atoms with Gasteiger partial charge < -0.3 is 5.11 Å². The first kappa shape index (κ1) is 14.6. The molecule has 2 aliphatic carbocycles. The minimum atomic E-state index is -0.944. The van der Waals surface area contributed by atoms with Crippen LogP contribution in [0.3, 0.4) is 0 Å². The molecule has 112 valence electrons. The summed E-state index contributed by atoms with van der Waals surface area (Å²) in [5.74, 6) is -1.33. The third kappa shape index (κ3) is 2.71. The van der Waals surface area contributed by atoms with Gasteiger partial charge in [0.15, 0.2) is 5.78 Å². The molecule has 0 radical (unpaired) electrons. The average Bonchev–Trinajstić information content (AvgIpc) is 2.65. The van der Waals surface area contributed by atoms with Gasteiger partial charge in [0, 0.05) is 17.0 Å². The summed E-state index contributed by atoms with van der Waals surface area (Å²) in [6.45, 7) is 0. The second-order valence-corrected chi connectivity index (χ2v) is 6.57. The van der Waals surface area contributed by atoms with Crippen LogP contribution >= 0.6 is 11.6 Å². The van der Waals surface area contributed by atoms with Gasteiger partial charge in [0.2, 0.25) is 0 Å². The van der Waals surface area contributed by atoms with Gasteiger partial charge in [-0.05, 0) is 42.0 Å². The molecule has 1 aromatic carbocycles. The Labute approximate surface area is 129 Å². The predicted octanol–water partition coefficient (Wildman–Crippen LogP) is 4.53. The summed E-state index contributed by atoms with van der Waals surface area (Å²) in [5.41, 5.74) is 2.21. The van der Waals surface area contributed by atoms with Gasteiger partial charge in [-0.3, -0.25) is 9.59 Å². The first-order chi connectivity index (χ1) is 10.1. The van der Waals surface area contributed by atoms with Gasteiger partial charge in [-0.15, -0.1) is 0 Å². The minimum Gasteiger partial charge on any atom is -0.481 e. The summed E-state index contributed by atoms with van der Waals surface area (Å²) in [7, 11) is 0. The first-order valence-corrected chi connectivity index (χ1v) is 8.05. The lowest BCUT2D eigenvalue weighted by Gasteiger charge is -2.18. The zero-order chi connectivity index (χ0) is 15.0. The van der Waals surface area contributed by atoms with E-state index in [1.807, 2.05) is 6.07 Å². The third-order valence-corrected chi connectivity index (χ3v) is 5.15. The Hall–Kier alpha value is -1.35. The highest BCUT2D eigenvalue weighted by atomic mass is 35.5. The maximum Gasteiger partial charge on any atom is 0.311 e. The Bertz CT molecular complexity index is 586. The van der Waals surface area contributed by atoms with Gasteiger partial charge in [-0.2, -0.15) is 0 Å². The Balaban J connectivity index is 1.99. The van der Waals surface area contributed by atoms with E-state index in [-0.39, 0.29) is 12.2 Å². The molecular formula is C17H19ClO3. The van der Waals surface area contributed by atoms with E-state index >= 15 is 0 Å². The number of hydrogen-bond acceptors (Lipinski definition) is 2. The highest BCUT2D eigenvalue weighted by molar-refractivity contribution is 6.31. The van der Waals surface area contributed by atoms with E-state index in [0.717, 1.165) is 18.4 Å². The molecule has 1 saturated carbocycles. The number of aliphatic carboxylic acids is 1. The second-order valence-electron chi connectivity index (χ2n) is 6.17. The van der Waals surface area contributed by atoms with Crippen molar-refractivity contribution in [3.05, 3.63) is 33.8 Å². The van der Waals surface area contributed by atoms with Gasteiger partial charge in [0.1, 0.15) is 0 Å². The lowest BCUT2D eigenvalue weighted by Crippen LogP contribution is -2.08. The number of hydrogen-bond donors (Lipinski definition) is 1. The molecule has 3 nitrogen and oxygen atoms in total. The van der Waals surface area contributed by atoms with Crippen LogP contribution in [0.1, 0.15) is 78.3 Å². The topological polar surface area (TPSA) is 54.4 Å². The van der Waals surface area contributed by atoms with Crippen molar-refractivity contribution in [2.75, 3.05) is 0 Å². The Morgan fingerprint density at radius 3 is 2.38 bits per heavy atom. The van der Waals surface area contributed by atoms with E-state index in [2.05, 4.69) is 0 Å². The molecule has 0 amide bonds. The normalized spacial score (nSPS) is 22.9. The Morgan fingerprint density at radius 1 is 1.10 bits per heavy atom. The van der Waals surface area contributed by atoms with Crippen LogP contribution in [-0.2, 0) is 4.79 Å². The van der Waals surface area contributed by atoms with Crippen LogP contribution in [0.2, 0.25) is 5.02 Å². The summed E-state index contributed by atoms with van der Waals surface area (Å²) in [6, 6.07) is 3.60. The highest BCUT2D eigenvalue weighted by Crippen LogP contribution is 2.41. The number of ketones is 1. The number of carboxylic acids is 1. The Morgan fingerprint density at radius 2 is 1.76 bits per heavy atom. The average molecular weight is 307 g/mol. The van der Waals surface area contributed by atoms with Crippen molar-refractivity contribution < 1.29 is 14.7 Å². The molecule has 1 atom stereocenters. The SMILES string of the molecule is O=C1CC(C(=O)O)c2cc(Cl)c(C3CCCCCC3)cc21. The Kier molecular flexibility index (Phi) is 4.03. The standard InChI is InChI=1S/C17H19ClO3/c18-15-8-12-13(16(19)9-14(12)17(20)21)7-11(15)10-5-3-1-2-4-6-10/h7-8,10,14H,1-6,9H2,(H,20,21). The summed E-state index contributed by atoms with van der Waals surface area (Å²) in [4.78, 5) is 23.3. The van der Waals surface area contributed by atoms with E-state index in [0.29, 0.717) is 22.1 Å². The van der Waals surface area contributed by atoms with Crippen molar-refractivity contribution >= 4 is 23.4 Å². The lowest BCUT2D eigenvalue weighted by molar-refractivity contribution is -0.138. The van der Waals surface area contributed by atoms with Gasteiger partial charge in [-0.25, -0.2) is 0 Å². The summed E-state index contributed by atoms with van der Waals surface area (Å²) >= 11 is 6.41. The molecule has 0 saturated heterocycles. The van der Waals surface area contributed by atoms with Crippen LogP contribution < -0.4 is 0 Å². The lowest BCUT2D eigenvalue weighted by atomic mass is 9.89. The number of fused-ring (bicyclic) bond motifs is 1. The molecule has 21 heavy (non-hydrogen) atoms. The molecule has 1 fully saturated rings. The number of halogens is 1. The molecule has 0 aliphatic heterocycles. The van der Waals surface area contributed by atoms with Crippen molar-refractivity contribution in [3.63, 3.8) is 0 Å². The van der Waals surface area contributed by atoms with Crippen LogP contribution in [0.5, 0.6) is 0 Å². The molecule has 0 spiro atoms. The first-order valence-electron chi connectivity index (χ1n) is 7.67. The van der Waals surface area contributed by atoms with Gasteiger partial charge in [-0.1, -0.05) is 37.3 Å². The molecule has 1 unspecified atom stereocenters. The van der Waals surface area contributed by atoms with Crippen molar-refractivity contribution in [2.45, 2.75) is 56.8 Å². The molecular weight excluding hydrogens is 288 g/mol. The molecule has 0 bridgehead atoms. The van der Waals surface area contributed by atoms with Crippen molar-refractivity contribution in [2.24, 2.45) is 0 Å². The van der Waals surface area contributed by atoms with Crippen LogP contribution in [-0.4, -0.2) is 16.9 Å². The maximum atomic E-state index is 12.1. The number of carboxylic acid groups (broad SMARTS) is 1. The number of carbonyl (C=O) groups is 2. The molecule has 0 aromatic heterocycles. The number of Topliss-reactive ketones (excluding diaryl/α,β-unsaturated/α-hetero) is 1. The largest absolute Gasteiger partial charge is 0.481 e. The summed E-state index contributed by atoms with van der Waals surface area (Å²) in [6.07, 6.45) is 7.20.